The van der Waals surface area contributed by atoms with Crippen LogP contribution >= 0.6 is 0 Å². The average Bonchev–Trinajstić information content (AvgIpc) is 2.77. The minimum absolute atomic E-state index is 0.184. The molecule has 2 aromatic rings. The zero-order chi connectivity index (χ0) is 13.9. The maximum Gasteiger partial charge on any atom is 0.228 e. The van der Waals surface area contributed by atoms with E-state index in [1.54, 1.807) is 12.1 Å². The van der Waals surface area contributed by atoms with Crippen molar-refractivity contribution in [3.63, 3.8) is 0 Å². The summed E-state index contributed by atoms with van der Waals surface area (Å²) in [7, 11) is -3.23. The summed E-state index contributed by atoms with van der Waals surface area (Å²) in [6.07, 6.45) is 1.37. The van der Waals surface area contributed by atoms with Crippen LogP contribution in [0.3, 0.4) is 0 Å². The Labute approximate surface area is 109 Å². The van der Waals surface area contributed by atoms with Gasteiger partial charge in [0.25, 0.3) is 0 Å². The quantitative estimate of drug-likeness (QED) is 0.884. The molecule has 0 bridgehead atoms. The Kier molecular flexibility index (Phi) is 3.91. The summed E-state index contributed by atoms with van der Waals surface area (Å²) in [6, 6.07) is 5.69. The van der Waals surface area contributed by atoms with Crippen molar-refractivity contribution in [1.82, 2.24) is 14.9 Å². The van der Waals surface area contributed by atoms with Crippen LogP contribution in [-0.4, -0.2) is 31.4 Å². The van der Waals surface area contributed by atoms with Gasteiger partial charge in [0.05, 0.1) is 6.26 Å². The van der Waals surface area contributed by atoms with E-state index in [1.165, 1.54) is 12.1 Å². The summed E-state index contributed by atoms with van der Waals surface area (Å²) in [5, 5.41) is 3.75. The molecule has 0 amide bonds. The molecule has 0 saturated heterocycles. The second-order valence-corrected chi connectivity index (χ2v) is 5.77. The average molecular weight is 285 g/mol. The highest BCUT2D eigenvalue weighted by Crippen LogP contribution is 2.16. The second-order valence-electron chi connectivity index (χ2n) is 3.94. The molecule has 0 saturated carbocycles. The summed E-state index contributed by atoms with van der Waals surface area (Å²) in [5.74, 6) is 0.314. The molecule has 0 aliphatic rings. The Morgan fingerprint density at radius 1 is 1.32 bits per heavy atom. The molecule has 0 fully saturated rings. The van der Waals surface area contributed by atoms with Crippen molar-refractivity contribution in [3.05, 3.63) is 36.0 Å². The van der Waals surface area contributed by atoms with Crippen LogP contribution in [0.1, 0.15) is 5.89 Å². The van der Waals surface area contributed by atoms with Crippen LogP contribution < -0.4 is 4.72 Å². The van der Waals surface area contributed by atoms with E-state index in [1.807, 2.05) is 0 Å². The molecule has 6 nitrogen and oxygen atoms in total. The van der Waals surface area contributed by atoms with E-state index in [9.17, 15) is 12.8 Å². The fraction of sp³-hybridized carbons (Fsp3) is 0.273. The number of rotatable bonds is 5. The van der Waals surface area contributed by atoms with Gasteiger partial charge in [0.15, 0.2) is 0 Å². The molecule has 1 aromatic heterocycles. The monoisotopic (exact) mass is 285 g/mol. The van der Waals surface area contributed by atoms with Gasteiger partial charge < -0.3 is 4.52 Å². The molecule has 1 heterocycles. The van der Waals surface area contributed by atoms with Crippen molar-refractivity contribution in [2.24, 2.45) is 0 Å². The maximum absolute atomic E-state index is 12.8. The molecule has 2 rings (SSSR count). The zero-order valence-electron chi connectivity index (χ0n) is 10.1. The van der Waals surface area contributed by atoms with E-state index in [4.69, 9.17) is 4.52 Å². The SMILES string of the molecule is CS(=O)(=O)NCCc1nc(-c2ccc(F)cc2)no1. The molecule has 0 unspecified atom stereocenters. The molecule has 1 aromatic carbocycles. The molecule has 19 heavy (non-hydrogen) atoms. The predicted octanol–water partition coefficient (Wildman–Crippen LogP) is 0.967. The number of nitrogens with zero attached hydrogens (tertiary/aromatic N) is 2. The predicted molar refractivity (Wildman–Crippen MR) is 66.2 cm³/mol. The van der Waals surface area contributed by atoms with Crippen molar-refractivity contribution in [2.75, 3.05) is 12.8 Å². The van der Waals surface area contributed by atoms with Crippen molar-refractivity contribution in [1.29, 1.82) is 0 Å². The molecule has 0 radical (unpaired) electrons. The molecule has 0 spiro atoms. The lowest BCUT2D eigenvalue weighted by molar-refractivity contribution is 0.379. The van der Waals surface area contributed by atoms with Crippen LogP contribution in [-0.2, 0) is 16.4 Å². The molecule has 8 heteroatoms. The molecule has 1 N–H and O–H groups in total. The van der Waals surface area contributed by atoms with Crippen LogP contribution in [0.2, 0.25) is 0 Å². The molecular formula is C11H12FN3O3S. The Balaban J connectivity index is 2.01. The highest BCUT2D eigenvalue weighted by Gasteiger charge is 2.09. The highest BCUT2D eigenvalue weighted by molar-refractivity contribution is 7.88. The van der Waals surface area contributed by atoms with Crippen molar-refractivity contribution in [2.45, 2.75) is 6.42 Å². The van der Waals surface area contributed by atoms with Gasteiger partial charge in [-0.05, 0) is 24.3 Å². The van der Waals surface area contributed by atoms with E-state index in [-0.39, 0.29) is 12.4 Å². The zero-order valence-corrected chi connectivity index (χ0v) is 10.9. The van der Waals surface area contributed by atoms with Gasteiger partial charge in [0, 0.05) is 18.5 Å². The summed E-state index contributed by atoms with van der Waals surface area (Å²) in [6.45, 7) is 0.184. The molecule has 102 valence electrons. The van der Waals surface area contributed by atoms with Crippen LogP contribution in [0.5, 0.6) is 0 Å². The lowest BCUT2D eigenvalue weighted by Gasteiger charge is -1.97. The molecule has 0 atom stereocenters. The summed E-state index contributed by atoms with van der Waals surface area (Å²) in [4.78, 5) is 4.09. The maximum atomic E-state index is 12.8. The Morgan fingerprint density at radius 3 is 2.63 bits per heavy atom. The smallest absolute Gasteiger partial charge is 0.228 e. The first-order valence-corrected chi connectivity index (χ1v) is 7.36. The van der Waals surface area contributed by atoms with Gasteiger partial charge in [-0.15, -0.1) is 0 Å². The first-order chi connectivity index (χ1) is 8.94. The van der Waals surface area contributed by atoms with Crippen molar-refractivity contribution in [3.8, 4) is 11.4 Å². The van der Waals surface area contributed by atoms with E-state index in [0.29, 0.717) is 23.7 Å². The van der Waals surface area contributed by atoms with Crippen LogP contribution in [0, 0.1) is 5.82 Å². The largest absolute Gasteiger partial charge is 0.339 e. The van der Waals surface area contributed by atoms with Crippen LogP contribution in [0.4, 0.5) is 4.39 Å². The van der Waals surface area contributed by atoms with Gasteiger partial charge in [0.2, 0.25) is 21.7 Å². The standard InChI is InChI=1S/C11H12FN3O3S/c1-19(16,17)13-7-6-10-14-11(15-18-10)8-2-4-9(12)5-3-8/h2-5,13H,6-7H2,1H3. The third-order valence-corrected chi connectivity index (χ3v) is 3.00. The lowest BCUT2D eigenvalue weighted by atomic mass is 10.2. The van der Waals surface area contributed by atoms with Gasteiger partial charge in [-0.2, -0.15) is 4.98 Å². The molecule has 0 aliphatic carbocycles. The van der Waals surface area contributed by atoms with E-state index >= 15 is 0 Å². The lowest BCUT2D eigenvalue weighted by Crippen LogP contribution is -2.24. The summed E-state index contributed by atoms with van der Waals surface area (Å²) >= 11 is 0. The van der Waals surface area contributed by atoms with Crippen LogP contribution in [0.25, 0.3) is 11.4 Å². The first kappa shape index (κ1) is 13.6. The number of hydrogen-bond acceptors (Lipinski definition) is 5. The number of aromatic nitrogens is 2. The Hall–Kier alpha value is -1.80. The third kappa shape index (κ3) is 4.11. The number of halogens is 1. The minimum atomic E-state index is -3.23. The molecular weight excluding hydrogens is 273 g/mol. The first-order valence-electron chi connectivity index (χ1n) is 5.47. The van der Waals surface area contributed by atoms with Gasteiger partial charge >= 0.3 is 0 Å². The van der Waals surface area contributed by atoms with E-state index < -0.39 is 10.0 Å². The number of nitrogens with one attached hydrogen (secondary N) is 1. The summed E-state index contributed by atoms with van der Waals surface area (Å²) in [5.41, 5.74) is 0.632. The van der Waals surface area contributed by atoms with Crippen molar-refractivity contribution >= 4 is 10.0 Å². The van der Waals surface area contributed by atoms with Gasteiger partial charge in [-0.1, -0.05) is 5.16 Å². The minimum Gasteiger partial charge on any atom is -0.339 e. The van der Waals surface area contributed by atoms with Gasteiger partial charge in [-0.25, -0.2) is 17.5 Å². The second kappa shape index (κ2) is 5.45. The van der Waals surface area contributed by atoms with E-state index in [2.05, 4.69) is 14.9 Å². The normalized spacial score (nSPS) is 11.7. The highest BCUT2D eigenvalue weighted by atomic mass is 32.2. The number of sulfonamides is 1. The fourth-order valence-electron chi connectivity index (χ4n) is 1.42. The number of hydrogen-bond donors (Lipinski definition) is 1. The van der Waals surface area contributed by atoms with E-state index in [0.717, 1.165) is 6.26 Å². The van der Waals surface area contributed by atoms with Gasteiger partial charge in [-0.3, -0.25) is 0 Å². The van der Waals surface area contributed by atoms with Crippen LogP contribution in [0.15, 0.2) is 28.8 Å². The third-order valence-electron chi connectivity index (χ3n) is 2.27. The van der Waals surface area contributed by atoms with Crippen molar-refractivity contribution < 1.29 is 17.3 Å². The Morgan fingerprint density at radius 2 is 2.00 bits per heavy atom. The van der Waals surface area contributed by atoms with Gasteiger partial charge in [0.1, 0.15) is 5.82 Å². The fourth-order valence-corrected chi connectivity index (χ4v) is 1.89. The molecule has 0 aliphatic heterocycles. The Bertz CT molecular complexity index is 652. The summed E-state index contributed by atoms with van der Waals surface area (Å²) < 4.78 is 41.8. The number of benzene rings is 1. The topological polar surface area (TPSA) is 85.1 Å².